The van der Waals surface area contributed by atoms with E-state index < -0.39 is 0 Å². The lowest BCUT2D eigenvalue weighted by Gasteiger charge is -2.15. The smallest absolute Gasteiger partial charge is 0.220 e. The first kappa shape index (κ1) is 17.1. The minimum atomic E-state index is -0.324. The van der Waals surface area contributed by atoms with Crippen molar-refractivity contribution in [2.75, 3.05) is 20.8 Å². The van der Waals surface area contributed by atoms with Crippen molar-refractivity contribution in [2.24, 2.45) is 5.73 Å². The van der Waals surface area contributed by atoms with Crippen LogP contribution in [0.1, 0.15) is 17.3 Å². The Kier molecular flexibility index (Phi) is 6.33. The molecule has 2 aromatic rings. The first-order chi connectivity index (χ1) is 9.67. The molecule has 21 heavy (non-hydrogen) atoms. The van der Waals surface area contributed by atoms with Crippen LogP contribution in [0, 0.1) is 5.82 Å². The number of nitrogens with zero attached hydrogens (tertiary/aromatic N) is 2. The van der Waals surface area contributed by atoms with Crippen LogP contribution in [0.2, 0.25) is 0 Å². The summed E-state index contributed by atoms with van der Waals surface area (Å²) in [4.78, 5) is 8.52. The zero-order valence-corrected chi connectivity index (χ0v) is 12.6. The van der Waals surface area contributed by atoms with Crippen LogP contribution in [0.3, 0.4) is 0 Å². The second kappa shape index (κ2) is 7.75. The normalized spacial score (nSPS) is 11.4. The molecular weight excluding hydrogens is 297 g/mol. The van der Waals surface area contributed by atoms with Crippen molar-refractivity contribution in [1.29, 1.82) is 0 Å². The number of nitrogens with two attached hydrogens (primary N) is 1. The molecule has 0 saturated heterocycles. The highest BCUT2D eigenvalue weighted by molar-refractivity contribution is 5.85. The lowest BCUT2D eigenvalue weighted by Crippen LogP contribution is -2.17. The van der Waals surface area contributed by atoms with E-state index in [0.29, 0.717) is 23.1 Å². The third kappa shape index (κ3) is 4.03. The maximum Gasteiger partial charge on any atom is 0.220 e. The summed E-state index contributed by atoms with van der Waals surface area (Å²) >= 11 is 0. The van der Waals surface area contributed by atoms with Crippen molar-refractivity contribution in [1.82, 2.24) is 9.97 Å². The maximum absolute atomic E-state index is 13.3. The third-order valence-electron chi connectivity index (χ3n) is 2.91. The SMILES string of the molecule is COc1cc(OC)nc(C(CN)c2cccc(F)c2)n1.Cl. The van der Waals surface area contributed by atoms with E-state index in [0.717, 1.165) is 0 Å². The number of hydrogen-bond donors (Lipinski definition) is 1. The summed E-state index contributed by atoms with van der Waals surface area (Å²) in [5.41, 5.74) is 6.50. The highest BCUT2D eigenvalue weighted by Crippen LogP contribution is 2.25. The summed E-state index contributed by atoms with van der Waals surface area (Å²) in [6, 6.07) is 7.79. The number of hydrogen-bond acceptors (Lipinski definition) is 5. The summed E-state index contributed by atoms with van der Waals surface area (Å²) in [5, 5.41) is 0. The van der Waals surface area contributed by atoms with Gasteiger partial charge in [0.1, 0.15) is 11.6 Å². The Morgan fingerprint density at radius 2 is 1.76 bits per heavy atom. The molecule has 0 aliphatic heterocycles. The van der Waals surface area contributed by atoms with Gasteiger partial charge in [-0.3, -0.25) is 0 Å². The van der Waals surface area contributed by atoms with Gasteiger partial charge in [-0.25, -0.2) is 4.39 Å². The van der Waals surface area contributed by atoms with Gasteiger partial charge in [-0.05, 0) is 17.7 Å². The fourth-order valence-electron chi connectivity index (χ4n) is 1.90. The van der Waals surface area contributed by atoms with Crippen molar-refractivity contribution < 1.29 is 13.9 Å². The molecule has 0 radical (unpaired) electrons. The quantitative estimate of drug-likeness (QED) is 0.916. The van der Waals surface area contributed by atoms with Gasteiger partial charge < -0.3 is 15.2 Å². The third-order valence-corrected chi connectivity index (χ3v) is 2.91. The zero-order valence-electron chi connectivity index (χ0n) is 11.7. The number of ether oxygens (including phenoxy) is 2. The van der Waals surface area contributed by atoms with Gasteiger partial charge in [-0.15, -0.1) is 12.4 Å². The van der Waals surface area contributed by atoms with Gasteiger partial charge in [0.15, 0.2) is 0 Å². The number of methoxy groups -OCH3 is 2. The van der Waals surface area contributed by atoms with Crippen LogP contribution in [-0.4, -0.2) is 30.7 Å². The molecule has 5 nitrogen and oxygen atoms in total. The van der Waals surface area contributed by atoms with Gasteiger partial charge in [0.25, 0.3) is 0 Å². The van der Waals surface area contributed by atoms with Gasteiger partial charge in [-0.2, -0.15) is 9.97 Å². The minimum Gasteiger partial charge on any atom is -0.481 e. The predicted molar refractivity (Wildman–Crippen MR) is 79.7 cm³/mol. The van der Waals surface area contributed by atoms with Crippen LogP contribution in [0.4, 0.5) is 4.39 Å². The number of aromatic nitrogens is 2. The minimum absolute atomic E-state index is 0. The Morgan fingerprint density at radius 3 is 2.24 bits per heavy atom. The summed E-state index contributed by atoms with van der Waals surface area (Å²) in [7, 11) is 3.01. The predicted octanol–water partition coefficient (Wildman–Crippen LogP) is 2.15. The van der Waals surface area contributed by atoms with Gasteiger partial charge >= 0.3 is 0 Å². The lowest BCUT2D eigenvalue weighted by atomic mass is 9.98. The Balaban J connectivity index is 0.00000220. The van der Waals surface area contributed by atoms with Gasteiger partial charge in [0.05, 0.1) is 26.2 Å². The first-order valence-electron chi connectivity index (χ1n) is 6.10. The van der Waals surface area contributed by atoms with Crippen LogP contribution in [0.25, 0.3) is 0 Å². The van der Waals surface area contributed by atoms with Crippen molar-refractivity contribution in [3.8, 4) is 11.8 Å². The molecule has 7 heteroatoms. The van der Waals surface area contributed by atoms with E-state index in [4.69, 9.17) is 15.2 Å². The van der Waals surface area contributed by atoms with E-state index in [1.807, 2.05) is 0 Å². The standard InChI is InChI=1S/C14H16FN3O2.ClH/c1-19-12-7-13(20-2)18-14(17-12)11(8-16)9-4-3-5-10(15)6-9;/h3-7,11H,8,16H2,1-2H3;1H. The molecule has 2 N–H and O–H groups in total. The van der Waals surface area contributed by atoms with Gasteiger partial charge in [0, 0.05) is 6.54 Å². The molecule has 1 aromatic carbocycles. The van der Waals surface area contributed by atoms with E-state index in [1.54, 1.807) is 18.2 Å². The molecule has 0 amide bonds. The molecule has 0 aliphatic rings. The summed E-state index contributed by atoms with van der Waals surface area (Å²) < 4.78 is 23.6. The molecule has 0 spiro atoms. The highest BCUT2D eigenvalue weighted by Gasteiger charge is 2.18. The lowest BCUT2D eigenvalue weighted by molar-refractivity contribution is 0.367. The van der Waals surface area contributed by atoms with E-state index in [9.17, 15) is 4.39 Å². The Bertz CT molecular complexity index is 576. The highest BCUT2D eigenvalue weighted by atomic mass is 35.5. The Hall–Kier alpha value is -1.92. The molecule has 1 unspecified atom stereocenters. The van der Waals surface area contributed by atoms with Crippen LogP contribution in [-0.2, 0) is 0 Å². The summed E-state index contributed by atoms with van der Waals surface area (Å²) in [6.45, 7) is 0.250. The molecular formula is C14H17ClFN3O2. The molecule has 1 heterocycles. The van der Waals surface area contributed by atoms with Crippen LogP contribution < -0.4 is 15.2 Å². The van der Waals surface area contributed by atoms with Crippen molar-refractivity contribution in [3.05, 3.63) is 47.5 Å². The summed E-state index contributed by atoms with van der Waals surface area (Å²) in [6.07, 6.45) is 0. The van der Waals surface area contributed by atoms with E-state index in [-0.39, 0.29) is 30.7 Å². The van der Waals surface area contributed by atoms with E-state index >= 15 is 0 Å². The van der Waals surface area contributed by atoms with Crippen molar-refractivity contribution >= 4 is 12.4 Å². The summed E-state index contributed by atoms with van der Waals surface area (Å²) in [5.74, 6) is 0.545. The average Bonchev–Trinajstić information content (AvgIpc) is 2.47. The van der Waals surface area contributed by atoms with Crippen LogP contribution in [0.15, 0.2) is 30.3 Å². The fraction of sp³-hybridized carbons (Fsp3) is 0.286. The van der Waals surface area contributed by atoms with Crippen LogP contribution in [0.5, 0.6) is 11.8 Å². The van der Waals surface area contributed by atoms with E-state index in [2.05, 4.69) is 9.97 Å². The van der Waals surface area contributed by atoms with Gasteiger partial charge in [-0.1, -0.05) is 12.1 Å². The number of benzene rings is 1. The van der Waals surface area contributed by atoms with Gasteiger partial charge in [0.2, 0.25) is 11.8 Å². The second-order valence-electron chi connectivity index (χ2n) is 4.15. The molecule has 2 rings (SSSR count). The number of rotatable bonds is 5. The largest absolute Gasteiger partial charge is 0.481 e. The second-order valence-corrected chi connectivity index (χ2v) is 4.15. The first-order valence-corrected chi connectivity index (χ1v) is 6.10. The monoisotopic (exact) mass is 313 g/mol. The molecule has 0 saturated carbocycles. The molecule has 1 atom stereocenters. The zero-order chi connectivity index (χ0) is 14.5. The Labute approximate surface area is 128 Å². The Morgan fingerprint density at radius 1 is 1.14 bits per heavy atom. The molecule has 114 valence electrons. The average molecular weight is 314 g/mol. The molecule has 0 bridgehead atoms. The molecule has 1 aromatic heterocycles. The van der Waals surface area contributed by atoms with E-state index in [1.165, 1.54) is 26.4 Å². The fourth-order valence-corrected chi connectivity index (χ4v) is 1.90. The van der Waals surface area contributed by atoms with Crippen molar-refractivity contribution in [3.63, 3.8) is 0 Å². The number of halogens is 2. The molecule has 0 aliphatic carbocycles. The maximum atomic E-state index is 13.3. The molecule has 0 fully saturated rings. The van der Waals surface area contributed by atoms with Crippen LogP contribution >= 0.6 is 12.4 Å². The topological polar surface area (TPSA) is 70.3 Å². The van der Waals surface area contributed by atoms with Crippen molar-refractivity contribution in [2.45, 2.75) is 5.92 Å².